The summed E-state index contributed by atoms with van der Waals surface area (Å²) in [5.41, 5.74) is 0.411. The first-order valence-corrected chi connectivity index (χ1v) is 10.6. The van der Waals surface area contributed by atoms with Crippen LogP contribution in [0.3, 0.4) is 0 Å². The van der Waals surface area contributed by atoms with Crippen LogP contribution in [0.1, 0.15) is 55.5 Å². The molecular formula is C17H26F3N5O2S. The van der Waals surface area contributed by atoms with Gasteiger partial charge in [-0.05, 0) is 46.6 Å². The molecule has 0 aromatic carbocycles. The van der Waals surface area contributed by atoms with Crippen LogP contribution < -0.4 is 4.72 Å². The quantitative estimate of drug-likeness (QED) is 0.709. The van der Waals surface area contributed by atoms with Crippen LogP contribution >= 0.6 is 0 Å². The lowest BCUT2D eigenvalue weighted by Crippen LogP contribution is -2.28. The van der Waals surface area contributed by atoms with Crippen molar-refractivity contribution in [3.8, 4) is 0 Å². The second-order valence-corrected chi connectivity index (χ2v) is 8.38. The number of alkyl halides is 3. The van der Waals surface area contributed by atoms with Gasteiger partial charge in [-0.15, -0.1) is 0 Å². The van der Waals surface area contributed by atoms with E-state index in [4.69, 9.17) is 0 Å². The molecule has 0 fully saturated rings. The number of halogens is 3. The highest BCUT2D eigenvalue weighted by molar-refractivity contribution is 7.89. The molecule has 0 aliphatic carbocycles. The van der Waals surface area contributed by atoms with Gasteiger partial charge in [-0.1, -0.05) is 6.92 Å². The summed E-state index contributed by atoms with van der Waals surface area (Å²) in [6.45, 7) is 9.22. The summed E-state index contributed by atoms with van der Waals surface area (Å²) in [7, 11) is -3.77. The third kappa shape index (κ3) is 4.57. The average molecular weight is 421 g/mol. The maximum Gasteiger partial charge on any atom is 0.435 e. The third-order valence-electron chi connectivity index (χ3n) is 4.68. The summed E-state index contributed by atoms with van der Waals surface area (Å²) in [5.74, 6) is 0. The van der Waals surface area contributed by atoms with Crippen molar-refractivity contribution < 1.29 is 21.6 Å². The van der Waals surface area contributed by atoms with Gasteiger partial charge in [-0.2, -0.15) is 23.4 Å². The van der Waals surface area contributed by atoms with E-state index in [9.17, 15) is 21.6 Å². The summed E-state index contributed by atoms with van der Waals surface area (Å²) in [6, 6.07) is 0.651. The molecule has 2 aromatic heterocycles. The molecule has 2 heterocycles. The SMILES string of the molecule is CC[C@H](CCNS(=O)(=O)c1c(C)nn(CC)c1C)n1nc(C(F)(F)F)cc1C. The van der Waals surface area contributed by atoms with Crippen molar-refractivity contribution >= 4 is 10.0 Å². The zero-order chi connectivity index (χ0) is 21.3. The molecule has 0 bridgehead atoms. The van der Waals surface area contributed by atoms with Crippen molar-refractivity contribution in [3.05, 3.63) is 28.8 Å². The van der Waals surface area contributed by atoms with Crippen molar-refractivity contribution in [2.45, 2.75) is 71.1 Å². The molecule has 0 aliphatic heterocycles. The van der Waals surface area contributed by atoms with Gasteiger partial charge in [0.05, 0.1) is 17.4 Å². The molecule has 0 saturated carbocycles. The van der Waals surface area contributed by atoms with E-state index in [2.05, 4.69) is 14.9 Å². The number of rotatable bonds is 8. The molecule has 0 spiro atoms. The molecule has 11 heteroatoms. The topological polar surface area (TPSA) is 81.8 Å². The number of sulfonamides is 1. The lowest BCUT2D eigenvalue weighted by atomic mass is 10.1. The molecular weight excluding hydrogens is 395 g/mol. The summed E-state index contributed by atoms with van der Waals surface area (Å²) in [4.78, 5) is 0.150. The fourth-order valence-electron chi connectivity index (χ4n) is 3.30. The summed E-state index contributed by atoms with van der Waals surface area (Å²) in [6.07, 6.45) is -3.67. The van der Waals surface area contributed by atoms with E-state index in [0.717, 1.165) is 6.07 Å². The molecule has 2 rings (SSSR count). The number of hydrogen-bond donors (Lipinski definition) is 1. The molecule has 7 nitrogen and oxygen atoms in total. The van der Waals surface area contributed by atoms with Crippen LogP contribution in [0.15, 0.2) is 11.0 Å². The Morgan fingerprint density at radius 1 is 1.18 bits per heavy atom. The van der Waals surface area contributed by atoms with Crippen molar-refractivity contribution in [2.75, 3.05) is 6.54 Å². The number of aryl methyl sites for hydroxylation is 3. The van der Waals surface area contributed by atoms with Crippen molar-refractivity contribution in [1.82, 2.24) is 24.3 Å². The predicted molar refractivity (Wildman–Crippen MR) is 98.5 cm³/mol. The van der Waals surface area contributed by atoms with Gasteiger partial charge in [0.1, 0.15) is 4.90 Å². The van der Waals surface area contributed by atoms with Crippen molar-refractivity contribution in [1.29, 1.82) is 0 Å². The monoisotopic (exact) mass is 421 g/mol. The Kier molecular flexibility index (Phi) is 6.59. The Labute approximate surface area is 163 Å². The first kappa shape index (κ1) is 22.4. The Bertz CT molecular complexity index is 931. The van der Waals surface area contributed by atoms with Gasteiger partial charge < -0.3 is 0 Å². The van der Waals surface area contributed by atoms with Crippen LogP contribution in [0.4, 0.5) is 13.2 Å². The van der Waals surface area contributed by atoms with Crippen LogP contribution in [0.5, 0.6) is 0 Å². The standard InChI is InChI=1S/C17H26F3N5O2S/c1-6-14(25-11(3)10-15(23-25)17(18,19)20)8-9-21-28(26,27)16-12(4)22-24(7-2)13(16)5/h10,14,21H,6-9H2,1-5H3/t14-/m1/s1. The van der Waals surface area contributed by atoms with Gasteiger partial charge in [-0.3, -0.25) is 9.36 Å². The zero-order valence-electron chi connectivity index (χ0n) is 16.6. The average Bonchev–Trinajstić information content (AvgIpc) is 3.11. The largest absolute Gasteiger partial charge is 0.435 e. The molecule has 0 unspecified atom stereocenters. The first-order valence-electron chi connectivity index (χ1n) is 9.09. The minimum absolute atomic E-state index is 0.0810. The van der Waals surface area contributed by atoms with E-state index in [1.165, 1.54) is 4.68 Å². The molecule has 1 atom stereocenters. The van der Waals surface area contributed by atoms with E-state index < -0.39 is 21.9 Å². The fraction of sp³-hybridized carbons (Fsp3) is 0.647. The normalized spacial score (nSPS) is 13.9. The minimum atomic E-state index is -4.51. The first-order chi connectivity index (χ1) is 12.9. The van der Waals surface area contributed by atoms with Gasteiger partial charge in [0.15, 0.2) is 5.69 Å². The molecule has 0 amide bonds. The van der Waals surface area contributed by atoms with Crippen LogP contribution in [0.2, 0.25) is 0 Å². The second kappa shape index (κ2) is 8.24. The maximum atomic E-state index is 12.9. The Morgan fingerprint density at radius 3 is 2.29 bits per heavy atom. The number of hydrogen-bond acceptors (Lipinski definition) is 4. The Morgan fingerprint density at radius 2 is 1.82 bits per heavy atom. The number of nitrogens with zero attached hydrogens (tertiary/aromatic N) is 4. The van der Waals surface area contributed by atoms with Crippen molar-refractivity contribution in [2.24, 2.45) is 0 Å². The van der Waals surface area contributed by atoms with E-state index in [1.807, 2.05) is 13.8 Å². The Hall–Kier alpha value is -1.88. The molecule has 158 valence electrons. The lowest BCUT2D eigenvalue weighted by molar-refractivity contribution is -0.141. The van der Waals surface area contributed by atoms with E-state index in [1.54, 1.807) is 25.5 Å². The van der Waals surface area contributed by atoms with Crippen LogP contribution in [0, 0.1) is 20.8 Å². The van der Waals surface area contributed by atoms with Crippen LogP contribution in [-0.2, 0) is 22.7 Å². The smallest absolute Gasteiger partial charge is 0.268 e. The van der Waals surface area contributed by atoms with Gasteiger partial charge >= 0.3 is 6.18 Å². The fourth-order valence-corrected chi connectivity index (χ4v) is 4.76. The number of nitrogens with one attached hydrogen (secondary N) is 1. The van der Waals surface area contributed by atoms with E-state index in [0.29, 0.717) is 36.5 Å². The van der Waals surface area contributed by atoms with Gasteiger partial charge in [0.25, 0.3) is 0 Å². The minimum Gasteiger partial charge on any atom is -0.268 e. The van der Waals surface area contributed by atoms with Gasteiger partial charge in [0.2, 0.25) is 10.0 Å². The van der Waals surface area contributed by atoms with Crippen molar-refractivity contribution in [3.63, 3.8) is 0 Å². The van der Waals surface area contributed by atoms with E-state index >= 15 is 0 Å². The molecule has 2 aromatic rings. The highest BCUT2D eigenvalue weighted by Gasteiger charge is 2.35. The zero-order valence-corrected chi connectivity index (χ0v) is 17.4. The molecule has 1 N–H and O–H groups in total. The highest BCUT2D eigenvalue weighted by atomic mass is 32.2. The lowest BCUT2D eigenvalue weighted by Gasteiger charge is -2.18. The number of aromatic nitrogens is 4. The molecule has 0 saturated heterocycles. The third-order valence-corrected chi connectivity index (χ3v) is 6.40. The van der Waals surface area contributed by atoms with Crippen LogP contribution in [-0.4, -0.2) is 34.5 Å². The van der Waals surface area contributed by atoms with E-state index in [-0.39, 0.29) is 17.5 Å². The predicted octanol–water partition coefficient (Wildman–Crippen LogP) is 3.36. The molecule has 28 heavy (non-hydrogen) atoms. The summed E-state index contributed by atoms with van der Waals surface area (Å²) >= 11 is 0. The van der Waals surface area contributed by atoms with Gasteiger partial charge in [0, 0.05) is 18.8 Å². The highest BCUT2D eigenvalue weighted by Crippen LogP contribution is 2.30. The van der Waals surface area contributed by atoms with Crippen LogP contribution in [0.25, 0.3) is 0 Å². The summed E-state index contributed by atoms with van der Waals surface area (Å²) < 4.78 is 69.5. The second-order valence-electron chi connectivity index (χ2n) is 6.68. The summed E-state index contributed by atoms with van der Waals surface area (Å²) in [5, 5.41) is 7.89. The Balaban J connectivity index is 2.13. The van der Waals surface area contributed by atoms with Gasteiger partial charge in [-0.25, -0.2) is 13.1 Å². The maximum absolute atomic E-state index is 12.9. The molecule has 0 radical (unpaired) electrons. The molecule has 0 aliphatic rings.